The topological polar surface area (TPSA) is 50.9 Å². The average Bonchev–Trinajstić information content (AvgIpc) is 2.71. The van der Waals surface area contributed by atoms with E-state index in [1.54, 1.807) is 18.5 Å². The van der Waals surface area contributed by atoms with E-state index in [2.05, 4.69) is 9.97 Å². The van der Waals surface area contributed by atoms with Gasteiger partial charge in [-0.3, -0.25) is 4.98 Å². The highest BCUT2D eigenvalue weighted by atomic mass is 16.3. The number of imidazole rings is 1. The fourth-order valence-electron chi connectivity index (χ4n) is 2.04. The highest BCUT2D eigenvalue weighted by molar-refractivity contribution is 5.79. The molecule has 0 spiro atoms. The van der Waals surface area contributed by atoms with E-state index in [-0.39, 0.29) is 5.75 Å². The fourth-order valence-corrected chi connectivity index (χ4v) is 2.04. The molecule has 0 fully saturated rings. The minimum Gasteiger partial charge on any atom is -0.508 e. The van der Waals surface area contributed by atoms with E-state index in [9.17, 15) is 5.11 Å². The highest BCUT2D eigenvalue weighted by Gasteiger charge is 2.10. The Labute approximate surface area is 105 Å². The lowest BCUT2D eigenvalue weighted by Crippen LogP contribution is -1.92. The Kier molecular flexibility index (Phi) is 2.30. The maximum absolute atomic E-state index is 9.78. The third-order valence-electron chi connectivity index (χ3n) is 3.15. The minimum absolute atomic E-state index is 0.290. The summed E-state index contributed by atoms with van der Waals surface area (Å²) >= 11 is 0. The van der Waals surface area contributed by atoms with Gasteiger partial charge in [0.05, 0.1) is 17.2 Å². The fraction of sp³-hybridized carbons (Fsp3) is 0.143. The summed E-state index contributed by atoms with van der Waals surface area (Å²) in [6.07, 6.45) is 3.52. The van der Waals surface area contributed by atoms with Gasteiger partial charge in [-0.15, -0.1) is 0 Å². The second kappa shape index (κ2) is 3.84. The Balaban J connectivity index is 2.25. The first-order valence-electron chi connectivity index (χ1n) is 5.73. The first kappa shape index (κ1) is 10.8. The first-order valence-corrected chi connectivity index (χ1v) is 5.73. The van der Waals surface area contributed by atoms with Crippen molar-refractivity contribution >= 4 is 11.0 Å². The van der Waals surface area contributed by atoms with E-state index in [0.29, 0.717) is 0 Å². The molecule has 0 saturated heterocycles. The van der Waals surface area contributed by atoms with Crippen molar-refractivity contribution in [3.63, 3.8) is 0 Å². The van der Waals surface area contributed by atoms with Gasteiger partial charge in [0, 0.05) is 18.8 Å². The monoisotopic (exact) mass is 239 g/mol. The quantitative estimate of drug-likeness (QED) is 0.710. The number of hydrogen-bond donors (Lipinski definition) is 1. The normalized spacial score (nSPS) is 11.0. The van der Waals surface area contributed by atoms with Gasteiger partial charge in [0.25, 0.3) is 0 Å². The van der Waals surface area contributed by atoms with Crippen LogP contribution in [0.1, 0.15) is 5.56 Å². The molecule has 0 saturated carbocycles. The minimum atomic E-state index is 0.290. The zero-order valence-electron chi connectivity index (χ0n) is 10.3. The Morgan fingerprint density at radius 2 is 2.06 bits per heavy atom. The zero-order valence-corrected chi connectivity index (χ0v) is 10.3. The lowest BCUT2D eigenvalue weighted by atomic mass is 10.1. The van der Waals surface area contributed by atoms with Crippen LogP contribution in [0.5, 0.6) is 5.75 Å². The van der Waals surface area contributed by atoms with Crippen LogP contribution in [0.3, 0.4) is 0 Å². The summed E-state index contributed by atoms with van der Waals surface area (Å²) in [4.78, 5) is 8.67. The molecule has 0 atom stereocenters. The predicted octanol–water partition coefficient (Wildman–Crippen LogP) is 2.65. The molecular formula is C14H13N3O. The van der Waals surface area contributed by atoms with Crippen molar-refractivity contribution in [1.82, 2.24) is 14.5 Å². The number of aryl methyl sites for hydroxylation is 2. The van der Waals surface area contributed by atoms with Gasteiger partial charge in [-0.25, -0.2) is 4.98 Å². The summed E-state index contributed by atoms with van der Waals surface area (Å²) in [7, 11) is 1.95. The maximum atomic E-state index is 9.78. The molecule has 1 aromatic carbocycles. The summed E-state index contributed by atoms with van der Waals surface area (Å²) < 4.78 is 1.98. The molecule has 0 unspecified atom stereocenters. The molecule has 3 aromatic rings. The Bertz CT molecular complexity index is 731. The van der Waals surface area contributed by atoms with Crippen LogP contribution in [0.2, 0.25) is 0 Å². The first-order chi connectivity index (χ1) is 8.66. The lowest BCUT2D eigenvalue weighted by molar-refractivity contribution is 0.471. The number of phenols is 1. The molecule has 0 aliphatic carbocycles. The van der Waals surface area contributed by atoms with E-state index in [4.69, 9.17) is 0 Å². The average molecular weight is 239 g/mol. The molecule has 0 bridgehead atoms. The smallest absolute Gasteiger partial charge is 0.141 e. The van der Waals surface area contributed by atoms with Crippen molar-refractivity contribution in [2.75, 3.05) is 0 Å². The van der Waals surface area contributed by atoms with Crippen molar-refractivity contribution in [3.8, 4) is 17.1 Å². The maximum Gasteiger partial charge on any atom is 0.141 e. The number of phenolic OH excluding ortho intramolecular Hbond substituents is 1. The molecule has 2 heterocycles. The van der Waals surface area contributed by atoms with Crippen LogP contribution in [-0.2, 0) is 7.05 Å². The van der Waals surface area contributed by atoms with Crippen LogP contribution < -0.4 is 0 Å². The molecular weight excluding hydrogens is 226 g/mol. The molecule has 0 aliphatic heterocycles. The molecule has 4 nitrogen and oxygen atoms in total. The largest absolute Gasteiger partial charge is 0.508 e. The van der Waals surface area contributed by atoms with Gasteiger partial charge in [0.2, 0.25) is 0 Å². The Morgan fingerprint density at radius 3 is 2.78 bits per heavy atom. The number of pyridine rings is 1. The SMILES string of the molecule is Cc1ccc(-c2nc3ccncc3n2C)cc1O. The predicted molar refractivity (Wildman–Crippen MR) is 70.3 cm³/mol. The molecule has 1 N–H and O–H groups in total. The van der Waals surface area contributed by atoms with E-state index < -0.39 is 0 Å². The molecule has 4 heteroatoms. The van der Waals surface area contributed by atoms with Gasteiger partial charge in [-0.1, -0.05) is 12.1 Å². The summed E-state index contributed by atoms with van der Waals surface area (Å²) in [5.74, 6) is 1.12. The van der Waals surface area contributed by atoms with E-state index in [0.717, 1.165) is 28.0 Å². The number of benzene rings is 1. The molecule has 0 amide bonds. The van der Waals surface area contributed by atoms with Crippen molar-refractivity contribution in [2.24, 2.45) is 7.05 Å². The van der Waals surface area contributed by atoms with Gasteiger partial charge >= 0.3 is 0 Å². The molecule has 0 radical (unpaired) electrons. The van der Waals surface area contributed by atoms with Gasteiger partial charge in [-0.05, 0) is 24.6 Å². The number of aromatic nitrogens is 3. The lowest BCUT2D eigenvalue weighted by Gasteiger charge is -2.04. The van der Waals surface area contributed by atoms with Crippen molar-refractivity contribution in [2.45, 2.75) is 6.92 Å². The Hall–Kier alpha value is -2.36. The van der Waals surface area contributed by atoms with Gasteiger partial charge in [-0.2, -0.15) is 0 Å². The van der Waals surface area contributed by atoms with Crippen molar-refractivity contribution < 1.29 is 5.11 Å². The number of fused-ring (bicyclic) bond motifs is 1. The second-order valence-electron chi connectivity index (χ2n) is 4.36. The van der Waals surface area contributed by atoms with Crippen molar-refractivity contribution in [1.29, 1.82) is 0 Å². The summed E-state index contributed by atoms with van der Waals surface area (Å²) in [5, 5.41) is 9.78. The third-order valence-corrected chi connectivity index (χ3v) is 3.15. The van der Waals surface area contributed by atoms with Gasteiger partial charge < -0.3 is 9.67 Å². The summed E-state index contributed by atoms with van der Waals surface area (Å²) in [5.41, 5.74) is 3.64. The standard InChI is InChI=1S/C14H13N3O/c1-9-3-4-10(7-13(9)18)14-16-11-5-6-15-8-12(11)17(14)2/h3-8,18H,1-2H3. The second-order valence-corrected chi connectivity index (χ2v) is 4.36. The number of aromatic hydroxyl groups is 1. The van der Waals surface area contributed by atoms with Crippen LogP contribution in [-0.4, -0.2) is 19.6 Å². The van der Waals surface area contributed by atoms with Crippen LogP contribution in [0.15, 0.2) is 36.7 Å². The molecule has 90 valence electrons. The van der Waals surface area contributed by atoms with Crippen LogP contribution >= 0.6 is 0 Å². The summed E-state index contributed by atoms with van der Waals surface area (Å²) in [6.45, 7) is 1.87. The molecule has 0 aliphatic rings. The van der Waals surface area contributed by atoms with Crippen molar-refractivity contribution in [3.05, 3.63) is 42.2 Å². The highest BCUT2D eigenvalue weighted by Crippen LogP contribution is 2.27. The summed E-state index contributed by atoms with van der Waals surface area (Å²) in [6, 6.07) is 7.48. The number of rotatable bonds is 1. The molecule has 3 rings (SSSR count). The van der Waals surface area contributed by atoms with Gasteiger partial charge in [0.1, 0.15) is 11.6 Å². The van der Waals surface area contributed by atoms with Crippen LogP contribution in [0, 0.1) is 6.92 Å². The Morgan fingerprint density at radius 1 is 1.22 bits per heavy atom. The number of hydrogen-bond acceptors (Lipinski definition) is 3. The van der Waals surface area contributed by atoms with E-state index in [1.165, 1.54) is 0 Å². The third kappa shape index (κ3) is 1.54. The number of nitrogens with zero attached hydrogens (tertiary/aromatic N) is 3. The van der Waals surface area contributed by atoms with E-state index in [1.807, 2.05) is 36.7 Å². The zero-order chi connectivity index (χ0) is 12.7. The van der Waals surface area contributed by atoms with E-state index >= 15 is 0 Å². The molecule has 18 heavy (non-hydrogen) atoms. The molecule has 2 aromatic heterocycles. The van der Waals surface area contributed by atoms with Gasteiger partial charge in [0.15, 0.2) is 0 Å². The van der Waals surface area contributed by atoms with Crippen LogP contribution in [0.25, 0.3) is 22.4 Å². The van der Waals surface area contributed by atoms with Crippen LogP contribution in [0.4, 0.5) is 0 Å².